The Balaban J connectivity index is 2.80. The lowest BCUT2D eigenvalue weighted by Gasteiger charge is -2.18. The number of benzene rings is 1. The molecule has 1 N–H and O–H groups in total. The first kappa shape index (κ1) is 12.0. The van der Waals surface area contributed by atoms with Crippen molar-refractivity contribution in [1.82, 2.24) is 5.32 Å². The van der Waals surface area contributed by atoms with Gasteiger partial charge in [-0.1, -0.05) is 18.2 Å². The van der Waals surface area contributed by atoms with Gasteiger partial charge in [-0.25, -0.2) is 0 Å². The summed E-state index contributed by atoms with van der Waals surface area (Å²) in [5.74, 6) is 0.924. The SMILES string of the molecule is CNC(CCOC)c1ccccc1OC. The van der Waals surface area contributed by atoms with Gasteiger partial charge in [0, 0.05) is 25.3 Å². The van der Waals surface area contributed by atoms with Crippen molar-refractivity contribution in [3.8, 4) is 5.75 Å². The molecule has 1 atom stereocenters. The Hall–Kier alpha value is -1.06. The summed E-state index contributed by atoms with van der Waals surface area (Å²) in [5.41, 5.74) is 1.18. The molecule has 0 amide bonds. The number of nitrogens with one attached hydrogen (secondary N) is 1. The lowest BCUT2D eigenvalue weighted by atomic mass is 10.0. The van der Waals surface area contributed by atoms with Gasteiger partial charge in [0.05, 0.1) is 7.11 Å². The number of rotatable bonds is 6. The van der Waals surface area contributed by atoms with Crippen molar-refractivity contribution in [2.24, 2.45) is 0 Å². The summed E-state index contributed by atoms with van der Waals surface area (Å²) in [4.78, 5) is 0. The Morgan fingerprint density at radius 3 is 2.60 bits per heavy atom. The molecule has 1 aromatic rings. The van der Waals surface area contributed by atoms with Crippen LogP contribution >= 0.6 is 0 Å². The number of methoxy groups -OCH3 is 2. The van der Waals surface area contributed by atoms with Crippen LogP contribution in [0.1, 0.15) is 18.0 Å². The molecular weight excluding hydrogens is 190 g/mol. The minimum absolute atomic E-state index is 0.279. The maximum atomic E-state index is 5.33. The van der Waals surface area contributed by atoms with Crippen LogP contribution in [0.5, 0.6) is 5.75 Å². The van der Waals surface area contributed by atoms with E-state index < -0.39 is 0 Å². The Morgan fingerprint density at radius 1 is 1.27 bits per heavy atom. The number of hydrogen-bond acceptors (Lipinski definition) is 3. The van der Waals surface area contributed by atoms with Crippen LogP contribution in [0, 0.1) is 0 Å². The fourth-order valence-electron chi connectivity index (χ4n) is 1.65. The first-order valence-corrected chi connectivity index (χ1v) is 5.12. The van der Waals surface area contributed by atoms with E-state index in [1.165, 1.54) is 5.56 Å². The lowest BCUT2D eigenvalue weighted by Crippen LogP contribution is -2.18. The molecule has 0 fully saturated rings. The van der Waals surface area contributed by atoms with Crippen LogP contribution in [-0.4, -0.2) is 27.9 Å². The summed E-state index contributed by atoms with van der Waals surface area (Å²) in [6.07, 6.45) is 0.938. The highest BCUT2D eigenvalue weighted by molar-refractivity contribution is 5.35. The second kappa shape index (κ2) is 6.43. The molecule has 0 radical (unpaired) electrons. The largest absolute Gasteiger partial charge is 0.496 e. The quantitative estimate of drug-likeness (QED) is 0.777. The van der Waals surface area contributed by atoms with Crippen LogP contribution in [-0.2, 0) is 4.74 Å². The average molecular weight is 209 g/mol. The summed E-state index contributed by atoms with van der Waals surface area (Å²) in [6, 6.07) is 8.34. The van der Waals surface area contributed by atoms with Gasteiger partial charge in [0.2, 0.25) is 0 Å². The third-order valence-corrected chi connectivity index (χ3v) is 2.47. The summed E-state index contributed by atoms with van der Waals surface area (Å²) in [6.45, 7) is 0.740. The summed E-state index contributed by atoms with van der Waals surface area (Å²) < 4.78 is 10.4. The molecule has 3 heteroatoms. The van der Waals surface area contributed by atoms with E-state index in [1.807, 2.05) is 25.2 Å². The van der Waals surface area contributed by atoms with E-state index in [-0.39, 0.29) is 6.04 Å². The molecule has 15 heavy (non-hydrogen) atoms. The van der Waals surface area contributed by atoms with Crippen molar-refractivity contribution < 1.29 is 9.47 Å². The van der Waals surface area contributed by atoms with Gasteiger partial charge in [-0.05, 0) is 19.5 Å². The Bertz CT molecular complexity index is 289. The molecule has 0 saturated heterocycles. The smallest absolute Gasteiger partial charge is 0.123 e. The topological polar surface area (TPSA) is 30.5 Å². The van der Waals surface area contributed by atoms with Crippen LogP contribution in [0.3, 0.4) is 0 Å². The van der Waals surface area contributed by atoms with Crippen molar-refractivity contribution in [2.45, 2.75) is 12.5 Å². The standard InChI is InChI=1S/C12H19NO2/c1-13-11(8-9-14-2)10-6-4-5-7-12(10)15-3/h4-7,11,13H,8-9H2,1-3H3. The first-order chi connectivity index (χ1) is 7.33. The molecule has 1 rings (SSSR count). The number of para-hydroxylation sites is 1. The van der Waals surface area contributed by atoms with Gasteiger partial charge in [0.15, 0.2) is 0 Å². The Kier molecular flexibility index (Phi) is 5.15. The highest BCUT2D eigenvalue weighted by Crippen LogP contribution is 2.26. The van der Waals surface area contributed by atoms with E-state index in [4.69, 9.17) is 9.47 Å². The second-order valence-electron chi connectivity index (χ2n) is 3.36. The fourth-order valence-corrected chi connectivity index (χ4v) is 1.65. The molecule has 0 bridgehead atoms. The highest BCUT2D eigenvalue weighted by atomic mass is 16.5. The maximum absolute atomic E-state index is 5.33. The third-order valence-electron chi connectivity index (χ3n) is 2.47. The Morgan fingerprint density at radius 2 is 2.00 bits per heavy atom. The minimum Gasteiger partial charge on any atom is -0.496 e. The van der Waals surface area contributed by atoms with Crippen molar-refractivity contribution in [3.63, 3.8) is 0 Å². The molecular formula is C12H19NO2. The molecule has 0 heterocycles. The van der Waals surface area contributed by atoms with Gasteiger partial charge >= 0.3 is 0 Å². The van der Waals surface area contributed by atoms with Gasteiger partial charge in [-0.15, -0.1) is 0 Å². The molecule has 0 aromatic heterocycles. The van der Waals surface area contributed by atoms with Gasteiger partial charge in [-0.2, -0.15) is 0 Å². The Labute approximate surface area is 91.4 Å². The average Bonchev–Trinajstić information content (AvgIpc) is 2.30. The number of ether oxygens (including phenoxy) is 2. The molecule has 0 aliphatic rings. The van der Waals surface area contributed by atoms with Gasteiger partial charge < -0.3 is 14.8 Å². The van der Waals surface area contributed by atoms with E-state index in [0.29, 0.717) is 0 Å². The van der Waals surface area contributed by atoms with Gasteiger partial charge in [0.25, 0.3) is 0 Å². The normalized spacial score (nSPS) is 12.5. The van der Waals surface area contributed by atoms with Gasteiger partial charge in [-0.3, -0.25) is 0 Å². The van der Waals surface area contributed by atoms with E-state index in [1.54, 1.807) is 14.2 Å². The molecule has 0 saturated carbocycles. The summed E-state index contributed by atoms with van der Waals surface area (Å²) in [5, 5.41) is 3.27. The predicted octanol–water partition coefficient (Wildman–Crippen LogP) is 1.99. The molecule has 0 aliphatic heterocycles. The van der Waals surface area contributed by atoms with Crippen LogP contribution in [0.15, 0.2) is 24.3 Å². The molecule has 0 aliphatic carbocycles. The first-order valence-electron chi connectivity index (χ1n) is 5.12. The van der Waals surface area contributed by atoms with Crippen molar-refractivity contribution >= 4 is 0 Å². The minimum atomic E-state index is 0.279. The highest BCUT2D eigenvalue weighted by Gasteiger charge is 2.12. The van der Waals surface area contributed by atoms with Crippen molar-refractivity contribution in [1.29, 1.82) is 0 Å². The third kappa shape index (κ3) is 3.22. The van der Waals surface area contributed by atoms with Crippen molar-refractivity contribution in [2.75, 3.05) is 27.9 Å². The zero-order chi connectivity index (χ0) is 11.1. The molecule has 0 spiro atoms. The van der Waals surface area contributed by atoms with Crippen LogP contribution < -0.4 is 10.1 Å². The van der Waals surface area contributed by atoms with Crippen LogP contribution in [0.2, 0.25) is 0 Å². The monoisotopic (exact) mass is 209 g/mol. The van der Waals surface area contributed by atoms with Crippen LogP contribution in [0.25, 0.3) is 0 Å². The van der Waals surface area contributed by atoms with E-state index >= 15 is 0 Å². The van der Waals surface area contributed by atoms with Crippen LogP contribution in [0.4, 0.5) is 0 Å². The maximum Gasteiger partial charge on any atom is 0.123 e. The zero-order valence-electron chi connectivity index (χ0n) is 9.62. The van der Waals surface area contributed by atoms with E-state index in [2.05, 4.69) is 11.4 Å². The molecule has 84 valence electrons. The van der Waals surface area contributed by atoms with E-state index in [0.717, 1.165) is 18.8 Å². The van der Waals surface area contributed by atoms with Gasteiger partial charge in [0.1, 0.15) is 5.75 Å². The predicted molar refractivity (Wildman–Crippen MR) is 61.3 cm³/mol. The zero-order valence-corrected chi connectivity index (χ0v) is 9.62. The molecule has 3 nitrogen and oxygen atoms in total. The summed E-state index contributed by atoms with van der Waals surface area (Å²) >= 11 is 0. The fraction of sp³-hybridized carbons (Fsp3) is 0.500. The van der Waals surface area contributed by atoms with E-state index in [9.17, 15) is 0 Å². The lowest BCUT2D eigenvalue weighted by molar-refractivity contribution is 0.183. The summed E-state index contributed by atoms with van der Waals surface area (Å²) in [7, 11) is 5.36. The molecule has 1 aromatic carbocycles. The molecule has 1 unspecified atom stereocenters. The second-order valence-corrected chi connectivity index (χ2v) is 3.36. The number of hydrogen-bond donors (Lipinski definition) is 1. The van der Waals surface area contributed by atoms with Crippen molar-refractivity contribution in [3.05, 3.63) is 29.8 Å².